The summed E-state index contributed by atoms with van der Waals surface area (Å²) in [5, 5.41) is 3.56. The van der Waals surface area contributed by atoms with E-state index in [1.165, 1.54) is 32.1 Å². The largest absolute Gasteiger partial charge is 0.351 e. The summed E-state index contributed by atoms with van der Waals surface area (Å²) in [6.45, 7) is 0.718. The van der Waals surface area contributed by atoms with Gasteiger partial charge in [0.1, 0.15) is 0 Å². The highest BCUT2D eigenvalue weighted by Crippen LogP contribution is 2.38. The van der Waals surface area contributed by atoms with Gasteiger partial charge in [0.25, 0.3) is 5.91 Å². The molecule has 0 atom stereocenters. The molecule has 0 saturated heterocycles. The van der Waals surface area contributed by atoms with E-state index in [0.717, 1.165) is 11.0 Å². The molecule has 1 fully saturated rings. The number of halogens is 2. The third-order valence-electron chi connectivity index (χ3n) is 3.94. The molecule has 1 amide bonds. The molecular formula is C15H19BrClNOS. The van der Waals surface area contributed by atoms with Gasteiger partial charge in [0.2, 0.25) is 0 Å². The number of benzene rings is 1. The van der Waals surface area contributed by atoms with Gasteiger partial charge >= 0.3 is 0 Å². The average molecular weight is 377 g/mol. The number of hydrogen-bond donors (Lipinski definition) is 1. The van der Waals surface area contributed by atoms with Crippen molar-refractivity contribution in [2.24, 2.45) is 0 Å². The van der Waals surface area contributed by atoms with Crippen LogP contribution in [0.1, 0.15) is 42.5 Å². The highest BCUT2D eigenvalue weighted by molar-refractivity contribution is 9.10. The lowest BCUT2D eigenvalue weighted by Crippen LogP contribution is -2.41. The second kappa shape index (κ2) is 7.19. The van der Waals surface area contributed by atoms with E-state index in [1.54, 1.807) is 12.1 Å². The number of hydrogen-bond acceptors (Lipinski definition) is 2. The number of rotatable bonds is 4. The van der Waals surface area contributed by atoms with E-state index in [0.29, 0.717) is 10.6 Å². The van der Waals surface area contributed by atoms with Crippen molar-refractivity contribution in [1.29, 1.82) is 0 Å². The summed E-state index contributed by atoms with van der Waals surface area (Å²) >= 11 is 11.3. The van der Waals surface area contributed by atoms with Gasteiger partial charge < -0.3 is 5.32 Å². The van der Waals surface area contributed by atoms with Crippen molar-refractivity contribution in [3.8, 4) is 0 Å². The quantitative estimate of drug-likeness (QED) is 0.810. The summed E-state index contributed by atoms with van der Waals surface area (Å²) < 4.78 is 1.07. The van der Waals surface area contributed by atoms with Gasteiger partial charge in [-0.3, -0.25) is 4.79 Å². The molecule has 1 aromatic carbocycles. The van der Waals surface area contributed by atoms with Gasteiger partial charge in [0, 0.05) is 15.8 Å². The molecule has 0 radical (unpaired) electrons. The maximum atomic E-state index is 12.3. The first-order valence-electron chi connectivity index (χ1n) is 6.85. The minimum Gasteiger partial charge on any atom is -0.351 e. The molecule has 1 aliphatic rings. The Kier molecular flexibility index (Phi) is 5.82. The maximum absolute atomic E-state index is 12.3. The van der Waals surface area contributed by atoms with E-state index in [2.05, 4.69) is 27.5 Å². The monoisotopic (exact) mass is 375 g/mol. The van der Waals surface area contributed by atoms with Gasteiger partial charge in [0.05, 0.1) is 10.6 Å². The first-order valence-corrected chi connectivity index (χ1v) is 9.24. The Morgan fingerprint density at radius 2 is 2.10 bits per heavy atom. The maximum Gasteiger partial charge on any atom is 0.252 e. The van der Waals surface area contributed by atoms with Gasteiger partial charge in [-0.25, -0.2) is 0 Å². The van der Waals surface area contributed by atoms with Crippen LogP contribution in [-0.4, -0.2) is 23.5 Å². The van der Waals surface area contributed by atoms with E-state index in [1.807, 2.05) is 17.8 Å². The third kappa shape index (κ3) is 3.92. The van der Waals surface area contributed by atoms with Crippen molar-refractivity contribution >= 4 is 45.2 Å². The molecular weight excluding hydrogens is 358 g/mol. The second-order valence-corrected chi connectivity index (χ2v) is 7.85. The summed E-state index contributed by atoms with van der Waals surface area (Å²) in [6.07, 6.45) is 8.33. The molecule has 5 heteroatoms. The topological polar surface area (TPSA) is 29.1 Å². The summed E-state index contributed by atoms with van der Waals surface area (Å²) in [6, 6.07) is 5.35. The van der Waals surface area contributed by atoms with Crippen LogP contribution in [0.3, 0.4) is 0 Å². The van der Waals surface area contributed by atoms with Crippen LogP contribution in [0.5, 0.6) is 0 Å². The van der Waals surface area contributed by atoms with Gasteiger partial charge in [-0.2, -0.15) is 11.8 Å². The molecule has 0 aliphatic heterocycles. The zero-order chi connectivity index (χ0) is 14.6. The second-order valence-electron chi connectivity index (χ2n) is 5.25. The van der Waals surface area contributed by atoms with Crippen molar-refractivity contribution in [1.82, 2.24) is 5.32 Å². The highest BCUT2D eigenvalue weighted by Gasteiger charge is 2.31. The Balaban J connectivity index is 2.02. The standard InChI is InChI=1S/C15H19BrClNOS/c1-20-15(7-3-2-4-8-15)10-18-14(19)12-9-11(16)5-6-13(12)17/h5-6,9H,2-4,7-8,10H2,1H3,(H,18,19). The van der Waals surface area contributed by atoms with Crippen LogP contribution in [0.4, 0.5) is 0 Å². The summed E-state index contributed by atoms with van der Waals surface area (Å²) in [5.41, 5.74) is 0.535. The minimum absolute atomic E-state index is 0.0877. The van der Waals surface area contributed by atoms with Gasteiger partial charge in [-0.05, 0) is 37.3 Å². The number of carbonyl (C=O) groups is 1. The fourth-order valence-corrected chi connectivity index (χ4v) is 4.14. The van der Waals surface area contributed by atoms with Gasteiger partial charge in [-0.15, -0.1) is 0 Å². The first kappa shape index (κ1) is 16.2. The molecule has 1 aromatic rings. The van der Waals surface area contributed by atoms with Crippen LogP contribution < -0.4 is 5.32 Å². The molecule has 20 heavy (non-hydrogen) atoms. The van der Waals surface area contributed by atoms with Crippen molar-refractivity contribution in [2.75, 3.05) is 12.8 Å². The van der Waals surface area contributed by atoms with Crippen LogP contribution >= 0.6 is 39.3 Å². The van der Waals surface area contributed by atoms with Crippen LogP contribution in [0.2, 0.25) is 5.02 Å². The van der Waals surface area contributed by atoms with Crippen LogP contribution in [0, 0.1) is 0 Å². The zero-order valence-electron chi connectivity index (χ0n) is 11.5. The Labute approximate surface area is 138 Å². The van der Waals surface area contributed by atoms with Crippen LogP contribution in [-0.2, 0) is 0 Å². The summed E-state index contributed by atoms with van der Waals surface area (Å²) in [4.78, 5) is 12.3. The van der Waals surface area contributed by atoms with Gasteiger partial charge in [0.15, 0.2) is 0 Å². The molecule has 0 spiro atoms. The number of nitrogens with one attached hydrogen (secondary N) is 1. The molecule has 0 heterocycles. The molecule has 110 valence electrons. The van der Waals surface area contributed by atoms with Gasteiger partial charge in [-0.1, -0.05) is 46.8 Å². The average Bonchev–Trinajstić information content (AvgIpc) is 2.48. The fraction of sp³-hybridized carbons (Fsp3) is 0.533. The molecule has 0 aromatic heterocycles. The molecule has 0 unspecified atom stereocenters. The highest BCUT2D eigenvalue weighted by atomic mass is 79.9. The smallest absolute Gasteiger partial charge is 0.252 e. The minimum atomic E-state index is -0.0877. The number of carbonyl (C=O) groups excluding carboxylic acids is 1. The van der Waals surface area contributed by atoms with E-state index >= 15 is 0 Å². The zero-order valence-corrected chi connectivity index (χ0v) is 14.7. The lowest BCUT2D eigenvalue weighted by Gasteiger charge is -2.35. The Morgan fingerprint density at radius 1 is 1.40 bits per heavy atom. The Bertz CT molecular complexity index is 489. The van der Waals surface area contributed by atoms with Crippen molar-refractivity contribution in [3.05, 3.63) is 33.3 Å². The van der Waals surface area contributed by atoms with E-state index in [4.69, 9.17) is 11.6 Å². The van der Waals surface area contributed by atoms with Crippen molar-refractivity contribution < 1.29 is 4.79 Å². The Hall–Kier alpha value is -0.190. The van der Waals surface area contributed by atoms with E-state index in [9.17, 15) is 4.79 Å². The Morgan fingerprint density at radius 3 is 2.75 bits per heavy atom. The molecule has 1 aliphatic carbocycles. The molecule has 0 bridgehead atoms. The molecule has 2 nitrogen and oxygen atoms in total. The summed E-state index contributed by atoms with van der Waals surface area (Å²) in [5.74, 6) is -0.0877. The molecule has 2 rings (SSSR count). The third-order valence-corrected chi connectivity index (χ3v) is 6.18. The lowest BCUT2D eigenvalue weighted by molar-refractivity contribution is 0.0947. The number of amides is 1. The predicted octanol–water partition coefficient (Wildman–Crippen LogP) is 4.90. The first-order chi connectivity index (χ1) is 9.56. The molecule has 1 N–H and O–H groups in total. The normalized spacial score (nSPS) is 17.8. The SMILES string of the molecule is CSC1(CNC(=O)c2cc(Br)ccc2Cl)CCCCC1. The summed E-state index contributed by atoms with van der Waals surface area (Å²) in [7, 11) is 0. The number of thioether (sulfide) groups is 1. The van der Waals surface area contributed by atoms with Crippen molar-refractivity contribution in [3.63, 3.8) is 0 Å². The van der Waals surface area contributed by atoms with E-state index in [-0.39, 0.29) is 10.7 Å². The van der Waals surface area contributed by atoms with Crippen LogP contribution in [0.15, 0.2) is 22.7 Å². The van der Waals surface area contributed by atoms with Crippen LogP contribution in [0.25, 0.3) is 0 Å². The predicted molar refractivity (Wildman–Crippen MR) is 90.8 cm³/mol. The molecule has 1 saturated carbocycles. The lowest BCUT2D eigenvalue weighted by atomic mass is 9.88. The fourth-order valence-electron chi connectivity index (χ4n) is 2.66. The van der Waals surface area contributed by atoms with E-state index < -0.39 is 0 Å². The van der Waals surface area contributed by atoms with Crippen molar-refractivity contribution in [2.45, 2.75) is 36.9 Å².